The van der Waals surface area contributed by atoms with Crippen molar-refractivity contribution in [3.63, 3.8) is 0 Å². The SMILES string of the molecule is CNC1CCCC1CN(CCOC)CCOC. The highest BCUT2D eigenvalue weighted by atomic mass is 16.5. The van der Waals surface area contributed by atoms with Crippen molar-refractivity contribution >= 4 is 0 Å². The summed E-state index contributed by atoms with van der Waals surface area (Å²) in [6.07, 6.45) is 4.03. The van der Waals surface area contributed by atoms with Gasteiger partial charge in [0.1, 0.15) is 0 Å². The topological polar surface area (TPSA) is 33.7 Å². The van der Waals surface area contributed by atoms with Gasteiger partial charge < -0.3 is 14.8 Å². The Balaban J connectivity index is 2.34. The summed E-state index contributed by atoms with van der Waals surface area (Å²) in [4.78, 5) is 2.47. The van der Waals surface area contributed by atoms with Gasteiger partial charge >= 0.3 is 0 Å². The molecular weight excluding hydrogens is 216 g/mol. The molecule has 1 saturated carbocycles. The Morgan fingerprint density at radius 3 is 2.29 bits per heavy atom. The molecule has 17 heavy (non-hydrogen) atoms. The summed E-state index contributed by atoms with van der Waals surface area (Å²) in [7, 11) is 5.61. The van der Waals surface area contributed by atoms with Crippen LogP contribution < -0.4 is 5.32 Å². The van der Waals surface area contributed by atoms with Gasteiger partial charge in [-0.3, -0.25) is 4.90 Å². The molecule has 4 nitrogen and oxygen atoms in total. The molecule has 0 bridgehead atoms. The third kappa shape index (κ3) is 5.34. The normalized spacial score (nSPS) is 24.7. The van der Waals surface area contributed by atoms with Crippen LogP contribution >= 0.6 is 0 Å². The second-order valence-electron chi connectivity index (χ2n) is 4.87. The van der Waals surface area contributed by atoms with E-state index in [9.17, 15) is 0 Å². The van der Waals surface area contributed by atoms with E-state index in [4.69, 9.17) is 9.47 Å². The van der Waals surface area contributed by atoms with Crippen LogP contribution in [0.2, 0.25) is 0 Å². The molecule has 1 aliphatic rings. The maximum atomic E-state index is 5.17. The van der Waals surface area contributed by atoms with E-state index in [1.807, 2.05) is 0 Å². The Morgan fingerprint density at radius 1 is 1.12 bits per heavy atom. The molecule has 2 atom stereocenters. The highest BCUT2D eigenvalue weighted by Gasteiger charge is 2.27. The van der Waals surface area contributed by atoms with Gasteiger partial charge in [0.25, 0.3) is 0 Å². The molecule has 0 aromatic heterocycles. The molecule has 0 saturated heterocycles. The van der Waals surface area contributed by atoms with Gasteiger partial charge in [-0.15, -0.1) is 0 Å². The van der Waals surface area contributed by atoms with E-state index in [0.717, 1.165) is 38.8 Å². The number of nitrogens with zero attached hydrogens (tertiary/aromatic N) is 1. The van der Waals surface area contributed by atoms with E-state index in [-0.39, 0.29) is 0 Å². The fourth-order valence-corrected chi connectivity index (χ4v) is 2.70. The fourth-order valence-electron chi connectivity index (χ4n) is 2.70. The predicted molar refractivity (Wildman–Crippen MR) is 70.4 cm³/mol. The number of hydrogen-bond donors (Lipinski definition) is 1. The highest BCUT2D eigenvalue weighted by Crippen LogP contribution is 2.26. The Hall–Kier alpha value is -0.160. The van der Waals surface area contributed by atoms with Gasteiger partial charge in [-0.1, -0.05) is 6.42 Å². The van der Waals surface area contributed by atoms with Gasteiger partial charge in [-0.2, -0.15) is 0 Å². The van der Waals surface area contributed by atoms with Crippen LogP contribution in [0.25, 0.3) is 0 Å². The van der Waals surface area contributed by atoms with Crippen molar-refractivity contribution in [3.8, 4) is 0 Å². The van der Waals surface area contributed by atoms with Crippen molar-refractivity contribution < 1.29 is 9.47 Å². The molecule has 0 spiro atoms. The van der Waals surface area contributed by atoms with E-state index in [1.54, 1.807) is 14.2 Å². The first kappa shape index (κ1) is 14.9. The van der Waals surface area contributed by atoms with Gasteiger partial charge in [0.05, 0.1) is 13.2 Å². The second-order valence-corrected chi connectivity index (χ2v) is 4.87. The van der Waals surface area contributed by atoms with Crippen molar-refractivity contribution in [3.05, 3.63) is 0 Å². The van der Waals surface area contributed by atoms with Crippen LogP contribution in [0.4, 0.5) is 0 Å². The lowest BCUT2D eigenvalue weighted by atomic mass is 10.0. The predicted octanol–water partition coefficient (Wildman–Crippen LogP) is 0.969. The lowest BCUT2D eigenvalue weighted by Crippen LogP contribution is -2.40. The zero-order valence-corrected chi connectivity index (χ0v) is 11.6. The van der Waals surface area contributed by atoms with Crippen LogP contribution in [-0.2, 0) is 9.47 Å². The van der Waals surface area contributed by atoms with Gasteiger partial charge in [0, 0.05) is 39.9 Å². The number of nitrogens with one attached hydrogen (secondary N) is 1. The molecular formula is C13H28N2O2. The van der Waals surface area contributed by atoms with E-state index in [0.29, 0.717) is 6.04 Å². The summed E-state index contributed by atoms with van der Waals surface area (Å²) in [6, 6.07) is 0.697. The van der Waals surface area contributed by atoms with Crippen LogP contribution in [0.1, 0.15) is 19.3 Å². The zero-order chi connectivity index (χ0) is 12.5. The minimum atomic E-state index is 0.697. The number of ether oxygens (including phenoxy) is 2. The van der Waals surface area contributed by atoms with Gasteiger partial charge in [-0.25, -0.2) is 0 Å². The molecule has 4 heteroatoms. The van der Waals surface area contributed by atoms with Crippen LogP contribution in [0.5, 0.6) is 0 Å². The largest absolute Gasteiger partial charge is 0.383 e. The van der Waals surface area contributed by atoms with E-state index >= 15 is 0 Å². The molecule has 1 rings (SSSR count). The van der Waals surface area contributed by atoms with E-state index in [2.05, 4.69) is 17.3 Å². The summed E-state index contributed by atoms with van der Waals surface area (Å²) < 4.78 is 10.3. The molecule has 0 radical (unpaired) electrons. The summed E-state index contributed by atoms with van der Waals surface area (Å²) in [5, 5.41) is 3.44. The number of hydrogen-bond acceptors (Lipinski definition) is 4. The minimum absolute atomic E-state index is 0.697. The molecule has 2 unspecified atom stereocenters. The van der Waals surface area contributed by atoms with Crippen molar-refractivity contribution in [2.45, 2.75) is 25.3 Å². The third-order valence-electron chi connectivity index (χ3n) is 3.75. The average Bonchev–Trinajstić information content (AvgIpc) is 2.79. The average molecular weight is 244 g/mol. The molecule has 1 N–H and O–H groups in total. The Kier molecular flexibility index (Phi) is 7.77. The van der Waals surface area contributed by atoms with Crippen LogP contribution in [0, 0.1) is 5.92 Å². The van der Waals surface area contributed by atoms with Crippen molar-refractivity contribution in [2.75, 3.05) is 54.1 Å². The van der Waals surface area contributed by atoms with E-state index < -0.39 is 0 Å². The number of rotatable bonds is 9. The summed E-state index contributed by atoms with van der Waals surface area (Å²) in [5.41, 5.74) is 0. The molecule has 0 aromatic rings. The minimum Gasteiger partial charge on any atom is -0.383 e. The second kappa shape index (κ2) is 8.86. The van der Waals surface area contributed by atoms with Gasteiger partial charge in [-0.05, 0) is 25.8 Å². The molecule has 102 valence electrons. The Bertz CT molecular complexity index is 182. The highest BCUT2D eigenvalue weighted by molar-refractivity contribution is 4.84. The van der Waals surface area contributed by atoms with Crippen LogP contribution in [0.15, 0.2) is 0 Å². The fraction of sp³-hybridized carbons (Fsp3) is 1.00. The van der Waals surface area contributed by atoms with Crippen LogP contribution in [0.3, 0.4) is 0 Å². The lowest BCUT2D eigenvalue weighted by Gasteiger charge is -2.28. The van der Waals surface area contributed by atoms with Crippen molar-refractivity contribution in [1.82, 2.24) is 10.2 Å². The molecule has 0 aromatic carbocycles. The maximum absolute atomic E-state index is 5.17. The van der Waals surface area contributed by atoms with E-state index in [1.165, 1.54) is 19.3 Å². The third-order valence-corrected chi connectivity index (χ3v) is 3.75. The van der Waals surface area contributed by atoms with Crippen molar-refractivity contribution in [1.29, 1.82) is 0 Å². The summed E-state index contributed by atoms with van der Waals surface area (Å²) in [6.45, 7) is 4.79. The standard InChI is InChI=1S/C13H28N2O2/c1-14-13-6-4-5-12(13)11-15(7-9-16-2)8-10-17-3/h12-14H,4-11H2,1-3H3. The van der Waals surface area contributed by atoms with Crippen molar-refractivity contribution in [2.24, 2.45) is 5.92 Å². The molecule has 1 aliphatic carbocycles. The van der Waals surface area contributed by atoms with Gasteiger partial charge in [0.15, 0.2) is 0 Å². The molecule has 0 amide bonds. The monoisotopic (exact) mass is 244 g/mol. The first-order chi connectivity index (χ1) is 8.31. The Morgan fingerprint density at radius 2 is 1.76 bits per heavy atom. The molecule has 0 heterocycles. The Labute approximate surface area is 106 Å². The summed E-state index contributed by atoms with van der Waals surface area (Å²) >= 11 is 0. The molecule has 0 aliphatic heterocycles. The quantitative estimate of drug-likeness (QED) is 0.655. The van der Waals surface area contributed by atoms with Gasteiger partial charge in [0.2, 0.25) is 0 Å². The number of methoxy groups -OCH3 is 2. The first-order valence-electron chi connectivity index (χ1n) is 6.69. The lowest BCUT2D eigenvalue weighted by molar-refractivity contribution is 0.101. The maximum Gasteiger partial charge on any atom is 0.0589 e. The summed E-state index contributed by atoms with van der Waals surface area (Å²) in [5.74, 6) is 0.786. The smallest absolute Gasteiger partial charge is 0.0589 e. The first-order valence-corrected chi connectivity index (χ1v) is 6.69. The molecule has 1 fully saturated rings. The zero-order valence-electron chi connectivity index (χ0n) is 11.6. The van der Waals surface area contributed by atoms with Crippen LogP contribution in [-0.4, -0.2) is 65.1 Å².